The first-order valence-electron chi connectivity index (χ1n) is 43.4. The largest absolute Gasteiger partial charge is 0.394 e. The predicted octanol–water partition coefficient (Wildman–Crippen LogP) is -22.2. The summed E-state index contributed by atoms with van der Waals surface area (Å²) in [5.74, 6) is -4.72. The van der Waals surface area contributed by atoms with Gasteiger partial charge in [0.25, 0.3) is 0 Å². The van der Waals surface area contributed by atoms with Crippen molar-refractivity contribution < 1.29 is 266 Å². The Hall–Kier alpha value is -4.61. The molecular weight excluding hydrogens is 1850 g/mol. The van der Waals surface area contributed by atoms with Crippen LogP contribution in [-0.4, -0.2) is 569 Å². The Labute approximate surface area is 765 Å². The Kier molecular flexibility index (Phi) is 39.5. The van der Waals surface area contributed by atoms with Gasteiger partial charge in [-0.3, -0.25) is 24.0 Å². The molecule has 0 radical (unpaired) electrons. The van der Waals surface area contributed by atoms with Gasteiger partial charge in [0.05, 0.1) is 71.7 Å². The molecule has 780 valence electrons. The van der Waals surface area contributed by atoms with Gasteiger partial charge in [-0.25, -0.2) is 0 Å². The minimum Gasteiger partial charge on any atom is -0.394 e. The van der Waals surface area contributed by atoms with Gasteiger partial charge in [-0.05, 0) is 13.8 Å². The van der Waals surface area contributed by atoms with Crippen molar-refractivity contribution in [2.24, 2.45) is 0 Å². The molecule has 11 aliphatic rings. The maximum absolute atomic E-state index is 13.3. The molecule has 0 bridgehead atoms. The molecule has 55 atom stereocenters. The molecule has 5 amide bonds. The van der Waals surface area contributed by atoms with Crippen molar-refractivity contribution in [3.8, 4) is 0 Å². The highest BCUT2D eigenvalue weighted by Crippen LogP contribution is 2.42. The zero-order valence-electron chi connectivity index (χ0n) is 73.3. The van der Waals surface area contributed by atoms with E-state index in [-0.39, 0.29) is 0 Å². The van der Waals surface area contributed by atoms with E-state index in [1.165, 1.54) is 13.8 Å². The molecular formula is C76H127N5O54. The van der Waals surface area contributed by atoms with Gasteiger partial charge in [0.1, 0.15) is 256 Å². The van der Waals surface area contributed by atoms with Crippen LogP contribution in [0.25, 0.3) is 0 Å². The minimum absolute atomic E-state index is 0.800. The van der Waals surface area contributed by atoms with Crippen LogP contribution in [-0.2, 0) is 123 Å². The lowest BCUT2D eigenvalue weighted by atomic mass is 9.93. The van der Waals surface area contributed by atoms with E-state index >= 15 is 0 Å². The number of nitrogens with one attached hydrogen (secondary N) is 5. The molecule has 0 spiro atoms. The lowest BCUT2D eigenvalue weighted by molar-refractivity contribution is -0.388. The number of amides is 5. The smallest absolute Gasteiger partial charge is 0.217 e. The SMILES string of the molecule is CC(=O)N[C@@H]1[C@@H](O[C@@H]2O[C@H](CO[C@@H]3O[C@H](CO)[C@@H](O[C@@H]4O[C@H](CO)[C@H](O)[C@H](O)[C@H]4O[C@@H]4O[C@@H](C)[C@@H](O)[C@@H](O)[C@@H]4O)[C@H](O)[C@H]3NC(C)=O)[C@H](O)[C@H](O[C@@H]3O[C@H](CO)[C@@H](O[C@@H]4O[C@H](CO)[C@H](O[C@H]5O[C@H](CO)[C@@H](O)[C@H](O)[C@H]5NC(C)=O)[C@H](O)[C@H]4O)[C@H](O)[C@H]3NC(C)=O)[C@H]2O)[C@@H](O)[C@@H](CO[C@@H]2O[C@H](CO)[C@@H](O[C@@H]3O[C@H](CO)[C@H](O)[C@@H](O)[C@H]3O[C@@H]3O[C@@H](C)[C@@H](O)[C@@H](O)[C@@H]3O)[C@H](O)[C@H]2NC(C)=O)O[C@@H]1O. The standard InChI is InChI=1S/C76H127N5O54/c1-17-38(94)49(105)54(110)71(117-17)134-64-51(107)41(97)25(9-83)121-75(64)130-59-27(11-85)123-67(34(46(59)102)78-20(4)90)115-15-31-43(99)62(37(66(114)119-31)81-23(7)93)132-74-57(113)63(133-70-36(80-22(6)92)48(104)58(29(13-87)125-70)129-73-56(112)53(109)61(30(14-88)126-73)128-69-33(77-19(3)89)45(101)40(96)24(8-82)120-69)44(100)32(127-74)16-116-68-35(79-21(5)91)47(103)60(28(12-86)124-68)131-76-65(52(108)42(98)26(10-84)122-76)135-72-55(111)50(106)39(95)18(2)118-72/h17-18,24-76,82-88,94-114H,8-16H2,1-7H3,(H,77,89)(H,78,90)(H,79,91)(H,80,92)(H,81,93)/t17-,18-,24+,25+,26+,27+,28+,29+,30+,31+,32+,33+,34+,35+,36+,37+,38+,39+,40+,41-,42-,43-,44-,45+,46+,47+,48+,49+,50+,51+,52-,53+,54-,55-,56+,57+,58+,59+,60+,61-,62+,63-,64+,65+,66-,67+,68+,69+,70-,71-,72-,73-,74-,75-,76-/m0/s1. The molecule has 59 nitrogen and oxygen atoms in total. The van der Waals surface area contributed by atoms with E-state index in [1.807, 2.05) is 0 Å². The van der Waals surface area contributed by atoms with Crippen molar-refractivity contribution in [1.82, 2.24) is 26.6 Å². The second kappa shape index (κ2) is 48.2. The molecule has 11 heterocycles. The van der Waals surface area contributed by atoms with Crippen molar-refractivity contribution in [2.45, 2.75) is 386 Å². The zero-order valence-corrected chi connectivity index (χ0v) is 73.3. The minimum atomic E-state index is -2.60. The average Bonchev–Trinajstić information content (AvgIpc) is 0.774. The van der Waals surface area contributed by atoms with Crippen LogP contribution < -0.4 is 26.6 Å². The molecule has 33 N–H and O–H groups in total. The fraction of sp³-hybridized carbons (Fsp3) is 0.934. The normalized spacial score (nSPS) is 49.5. The summed E-state index contributed by atoms with van der Waals surface area (Å²) in [5.41, 5.74) is 0. The van der Waals surface area contributed by atoms with Gasteiger partial charge in [0.15, 0.2) is 69.2 Å². The zero-order chi connectivity index (χ0) is 99.4. The van der Waals surface area contributed by atoms with Gasteiger partial charge in [-0.15, -0.1) is 0 Å². The number of aliphatic hydroxyl groups is 28. The van der Waals surface area contributed by atoms with Crippen molar-refractivity contribution in [3.63, 3.8) is 0 Å². The quantitative estimate of drug-likeness (QED) is 0.0284. The van der Waals surface area contributed by atoms with E-state index < -0.39 is 426 Å². The fourth-order valence-electron chi connectivity index (χ4n) is 17.6. The number of rotatable bonds is 34. The summed E-state index contributed by atoms with van der Waals surface area (Å²) in [4.78, 5) is 65.0. The highest BCUT2D eigenvalue weighted by Gasteiger charge is 2.63. The van der Waals surface area contributed by atoms with Crippen LogP contribution in [0.4, 0.5) is 0 Å². The monoisotopic (exact) mass is 1970 g/mol. The van der Waals surface area contributed by atoms with E-state index in [0.29, 0.717) is 0 Å². The first-order valence-corrected chi connectivity index (χ1v) is 43.4. The number of aliphatic hydroxyl groups excluding tert-OH is 28. The second-order valence-electron chi connectivity index (χ2n) is 34.5. The lowest BCUT2D eigenvalue weighted by Crippen LogP contribution is -2.71. The number of carbonyl (C=O) groups is 5. The van der Waals surface area contributed by atoms with Gasteiger partial charge in [-0.2, -0.15) is 0 Å². The molecule has 0 aliphatic carbocycles. The Morgan fingerprint density at radius 2 is 0.452 bits per heavy atom. The van der Waals surface area contributed by atoms with Crippen LogP contribution in [0.3, 0.4) is 0 Å². The van der Waals surface area contributed by atoms with Gasteiger partial charge < -0.3 is 269 Å². The third-order valence-corrected chi connectivity index (χ3v) is 24.9. The Bertz CT molecular complexity index is 3750. The molecule has 0 saturated carbocycles. The summed E-state index contributed by atoms with van der Waals surface area (Å²) in [6.07, 6.45) is -101. The van der Waals surface area contributed by atoms with Crippen molar-refractivity contribution in [1.29, 1.82) is 0 Å². The van der Waals surface area contributed by atoms with Crippen LogP contribution in [0.2, 0.25) is 0 Å². The highest BCUT2D eigenvalue weighted by molar-refractivity contribution is 5.75. The number of hydrogen-bond acceptors (Lipinski definition) is 54. The van der Waals surface area contributed by atoms with E-state index in [1.54, 1.807) is 0 Å². The predicted molar refractivity (Wildman–Crippen MR) is 417 cm³/mol. The van der Waals surface area contributed by atoms with Crippen LogP contribution in [0.15, 0.2) is 0 Å². The summed E-state index contributed by atoms with van der Waals surface area (Å²) < 4.78 is 125. The third-order valence-electron chi connectivity index (χ3n) is 24.9. The van der Waals surface area contributed by atoms with Crippen molar-refractivity contribution >= 4 is 29.5 Å². The molecule has 59 heteroatoms. The van der Waals surface area contributed by atoms with Gasteiger partial charge in [0.2, 0.25) is 29.5 Å². The van der Waals surface area contributed by atoms with E-state index in [9.17, 15) is 167 Å². The lowest BCUT2D eigenvalue weighted by Gasteiger charge is -2.51. The number of hydrogen-bond donors (Lipinski definition) is 33. The molecule has 11 aliphatic heterocycles. The summed E-state index contributed by atoms with van der Waals surface area (Å²) in [7, 11) is 0. The Morgan fingerprint density at radius 1 is 0.207 bits per heavy atom. The second-order valence-corrected chi connectivity index (χ2v) is 34.5. The maximum Gasteiger partial charge on any atom is 0.217 e. The topological polar surface area (TPSA) is 906 Å². The highest BCUT2D eigenvalue weighted by atomic mass is 16.8. The summed E-state index contributed by atoms with van der Waals surface area (Å²) in [6, 6.07) is -9.56. The summed E-state index contributed by atoms with van der Waals surface area (Å²) in [6.45, 7) is -2.67. The molecule has 135 heavy (non-hydrogen) atoms. The number of ether oxygens (including phenoxy) is 21. The van der Waals surface area contributed by atoms with Gasteiger partial charge in [-0.1, -0.05) is 0 Å². The Balaban J connectivity index is 0.879. The summed E-state index contributed by atoms with van der Waals surface area (Å²) in [5, 5.41) is 326. The molecule has 11 saturated heterocycles. The van der Waals surface area contributed by atoms with Crippen LogP contribution in [0, 0.1) is 0 Å². The molecule has 0 aromatic carbocycles. The molecule has 0 unspecified atom stereocenters. The first kappa shape index (κ1) is 111. The van der Waals surface area contributed by atoms with Crippen LogP contribution in [0.1, 0.15) is 48.5 Å². The Morgan fingerprint density at radius 3 is 0.837 bits per heavy atom. The number of carbonyl (C=O) groups excluding carboxylic acids is 5. The average molecular weight is 1970 g/mol. The van der Waals surface area contributed by atoms with Crippen molar-refractivity contribution in [2.75, 3.05) is 59.5 Å². The van der Waals surface area contributed by atoms with E-state index in [4.69, 9.17) is 99.5 Å². The molecule has 0 aromatic heterocycles. The van der Waals surface area contributed by atoms with Crippen molar-refractivity contribution in [3.05, 3.63) is 0 Å². The van der Waals surface area contributed by atoms with Crippen LogP contribution >= 0.6 is 0 Å². The van der Waals surface area contributed by atoms with Crippen LogP contribution in [0.5, 0.6) is 0 Å². The first-order chi connectivity index (χ1) is 63.8. The third kappa shape index (κ3) is 24.7. The molecule has 11 rings (SSSR count). The maximum atomic E-state index is 13.3. The molecule has 0 aromatic rings. The van der Waals surface area contributed by atoms with E-state index in [2.05, 4.69) is 26.6 Å². The van der Waals surface area contributed by atoms with Gasteiger partial charge in [0, 0.05) is 34.6 Å². The summed E-state index contributed by atoms with van der Waals surface area (Å²) >= 11 is 0. The fourth-order valence-corrected chi connectivity index (χ4v) is 17.6. The van der Waals surface area contributed by atoms with E-state index in [0.717, 1.165) is 34.6 Å². The molecule has 11 fully saturated rings. The van der Waals surface area contributed by atoms with Gasteiger partial charge >= 0.3 is 0 Å².